The number of aromatic nitrogens is 1. The molecule has 1 aromatic heterocycles. The largest absolute Gasteiger partial charge is 0.481 e. The van der Waals surface area contributed by atoms with Crippen LogP contribution in [-0.4, -0.2) is 16.1 Å². The molecule has 29 heavy (non-hydrogen) atoms. The highest BCUT2D eigenvalue weighted by molar-refractivity contribution is 7.16. The topological polar surface area (TPSA) is 76.2 Å². The van der Waals surface area contributed by atoms with Crippen molar-refractivity contribution in [2.24, 2.45) is 0 Å². The monoisotopic (exact) mass is 400 g/mol. The lowest BCUT2D eigenvalue weighted by atomic mass is 9.70. The average molecular weight is 401 g/mol. The van der Waals surface area contributed by atoms with Gasteiger partial charge in [-0.05, 0) is 16.7 Å². The van der Waals surface area contributed by atoms with E-state index in [4.69, 9.17) is 10.7 Å². The summed E-state index contributed by atoms with van der Waals surface area (Å²) < 4.78 is 0. The Morgan fingerprint density at radius 2 is 1.24 bits per heavy atom. The third-order valence-corrected chi connectivity index (χ3v) is 6.03. The minimum Gasteiger partial charge on any atom is -0.481 e. The predicted octanol–water partition coefficient (Wildman–Crippen LogP) is 4.74. The SMILES string of the molecule is Nc1sc(C(c2ccccc2)(c2ccccc2)c2ccccc2)nc1CC(=O)O. The molecule has 5 heteroatoms. The lowest BCUT2D eigenvalue weighted by Crippen LogP contribution is -2.31. The van der Waals surface area contributed by atoms with Gasteiger partial charge in [0.2, 0.25) is 0 Å². The highest BCUT2D eigenvalue weighted by Gasteiger charge is 2.41. The Balaban J connectivity index is 2.08. The first kappa shape index (κ1) is 18.9. The molecule has 4 rings (SSSR count). The Morgan fingerprint density at radius 3 is 1.62 bits per heavy atom. The lowest BCUT2D eigenvalue weighted by molar-refractivity contribution is -0.136. The first-order chi connectivity index (χ1) is 14.1. The fourth-order valence-corrected chi connectivity index (χ4v) is 4.84. The minimum atomic E-state index is -0.946. The zero-order chi connectivity index (χ0) is 20.3. The quantitative estimate of drug-likeness (QED) is 0.459. The van der Waals surface area contributed by atoms with Gasteiger partial charge < -0.3 is 10.8 Å². The van der Waals surface area contributed by atoms with E-state index >= 15 is 0 Å². The summed E-state index contributed by atoms with van der Waals surface area (Å²) in [7, 11) is 0. The second-order valence-corrected chi connectivity index (χ2v) is 7.78. The number of nitrogen functional groups attached to an aromatic ring is 1. The molecule has 1 heterocycles. The van der Waals surface area contributed by atoms with Crippen LogP contribution in [0.15, 0.2) is 91.0 Å². The van der Waals surface area contributed by atoms with Crippen molar-refractivity contribution in [2.75, 3.05) is 5.73 Å². The number of rotatable bonds is 6. The van der Waals surface area contributed by atoms with Gasteiger partial charge in [-0.1, -0.05) is 102 Å². The molecule has 0 atom stereocenters. The van der Waals surface area contributed by atoms with E-state index in [-0.39, 0.29) is 6.42 Å². The first-order valence-electron chi connectivity index (χ1n) is 9.26. The Hall–Kier alpha value is -3.44. The van der Waals surface area contributed by atoms with Crippen LogP contribution in [0.2, 0.25) is 0 Å². The minimum absolute atomic E-state index is 0.198. The van der Waals surface area contributed by atoms with Crippen LogP contribution in [0.3, 0.4) is 0 Å². The van der Waals surface area contributed by atoms with Crippen molar-refractivity contribution in [3.05, 3.63) is 118 Å². The van der Waals surface area contributed by atoms with Crippen LogP contribution in [0.5, 0.6) is 0 Å². The molecule has 0 bridgehead atoms. The van der Waals surface area contributed by atoms with Crippen molar-refractivity contribution in [1.82, 2.24) is 4.98 Å². The Labute approximate surface area is 173 Å². The van der Waals surface area contributed by atoms with E-state index in [1.807, 2.05) is 54.6 Å². The molecule has 0 amide bonds. The second kappa shape index (κ2) is 7.89. The normalized spacial score (nSPS) is 11.3. The summed E-state index contributed by atoms with van der Waals surface area (Å²) in [6.45, 7) is 0. The smallest absolute Gasteiger partial charge is 0.309 e. The van der Waals surface area contributed by atoms with Gasteiger partial charge in [-0.15, -0.1) is 0 Å². The van der Waals surface area contributed by atoms with E-state index in [0.29, 0.717) is 10.7 Å². The summed E-state index contributed by atoms with van der Waals surface area (Å²) in [5.74, 6) is -0.946. The summed E-state index contributed by atoms with van der Waals surface area (Å²) >= 11 is 1.35. The van der Waals surface area contributed by atoms with Gasteiger partial charge >= 0.3 is 5.97 Å². The van der Waals surface area contributed by atoms with E-state index in [1.165, 1.54) is 11.3 Å². The molecule has 4 aromatic rings. The van der Waals surface area contributed by atoms with Crippen molar-refractivity contribution >= 4 is 22.3 Å². The Kier molecular flexibility index (Phi) is 5.14. The van der Waals surface area contributed by atoms with Crippen LogP contribution in [0.1, 0.15) is 27.4 Å². The van der Waals surface area contributed by atoms with Gasteiger partial charge in [-0.3, -0.25) is 4.79 Å². The number of nitrogens with two attached hydrogens (primary N) is 1. The van der Waals surface area contributed by atoms with Crippen LogP contribution >= 0.6 is 11.3 Å². The van der Waals surface area contributed by atoms with Gasteiger partial charge in [0, 0.05) is 0 Å². The summed E-state index contributed by atoms with van der Waals surface area (Å²) in [5.41, 5.74) is 9.07. The van der Waals surface area contributed by atoms with Gasteiger partial charge in [-0.2, -0.15) is 0 Å². The van der Waals surface area contributed by atoms with Crippen LogP contribution < -0.4 is 5.73 Å². The number of carboxylic acids is 1. The van der Waals surface area contributed by atoms with E-state index in [1.54, 1.807) is 0 Å². The zero-order valence-corrected chi connectivity index (χ0v) is 16.5. The maximum absolute atomic E-state index is 11.3. The van der Waals surface area contributed by atoms with Crippen molar-refractivity contribution in [3.63, 3.8) is 0 Å². The molecule has 0 radical (unpaired) electrons. The molecule has 3 aromatic carbocycles. The first-order valence-corrected chi connectivity index (χ1v) is 10.1. The average Bonchev–Trinajstić information content (AvgIpc) is 3.11. The molecule has 4 nitrogen and oxygen atoms in total. The molecule has 144 valence electrons. The van der Waals surface area contributed by atoms with E-state index in [0.717, 1.165) is 21.7 Å². The summed E-state index contributed by atoms with van der Waals surface area (Å²) in [4.78, 5) is 16.1. The molecule has 3 N–H and O–H groups in total. The molecule has 0 saturated heterocycles. The van der Waals surface area contributed by atoms with E-state index in [2.05, 4.69) is 36.4 Å². The Bertz CT molecular complexity index is 1010. The second-order valence-electron chi connectivity index (χ2n) is 6.75. The number of aliphatic carboxylic acids is 1. The number of hydrogen-bond acceptors (Lipinski definition) is 4. The maximum atomic E-state index is 11.3. The fourth-order valence-electron chi connectivity index (χ4n) is 3.73. The number of carboxylic acid groups (broad SMARTS) is 1. The molecule has 0 aliphatic heterocycles. The van der Waals surface area contributed by atoms with Gasteiger partial charge in [0.05, 0.1) is 17.5 Å². The summed E-state index contributed by atoms with van der Waals surface area (Å²) in [6.07, 6.45) is -0.198. The number of benzene rings is 3. The van der Waals surface area contributed by atoms with Crippen LogP contribution in [-0.2, 0) is 16.6 Å². The lowest BCUT2D eigenvalue weighted by Gasteiger charge is -2.34. The Morgan fingerprint density at radius 1 is 0.828 bits per heavy atom. The van der Waals surface area contributed by atoms with Crippen molar-refractivity contribution in [1.29, 1.82) is 0 Å². The predicted molar refractivity (Wildman–Crippen MR) is 116 cm³/mol. The number of thiazole rings is 1. The molecule has 0 saturated carbocycles. The molecule has 0 fully saturated rings. The van der Waals surface area contributed by atoms with Crippen molar-refractivity contribution in [2.45, 2.75) is 11.8 Å². The van der Waals surface area contributed by atoms with Crippen LogP contribution in [0, 0.1) is 0 Å². The number of hydrogen-bond donors (Lipinski definition) is 2. The van der Waals surface area contributed by atoms with Gasteiger partial charge in [-0.25, -0.2) is 4.98 Å². The highest BCUT2D eigenvalue weighted by Crippen LogP contribution is 2.47. The zero-order valence-electron chi connectivity index (χ0n) is 15.7. The molecule has 0 unspecified atom stereocenters. The molecule has 0 aliphatic rings. The number of anilines is 1. The summed E-state index contributed by atoms with van der Waals surface area (Å²) in [5, 5.41) is 10.5. The molecular weight excluding hydrogens is 380 g/mol. The molecule has 0 aliphatic carbocycles. The van der Waals surface area contributed by atoms with E-state index in [9.17, 15) is 9.90 Å². The fraction of sp³-hybridized carbons (Fsp3) is 0.0833. The van der Waals surface area contributed by atoms with Gasteiger partial charge in [0.15, 0.2) is 0 Å². The highest BCUT2D eigenvalue weighted by atomic mass is 32.1. The molecular formula is C24H20N2O2S. The van der Waals surface area contributed by atoms with Crippen molar-refractivity contribution in [3.8, 4) is 0 Å². The standard InChI is InChI=1S/C24H20N2O2S/c25-22-20(16-21(27)28)26-23(29-22)24(17-10-4-1-5-11-17,18-12-6-2-7-13-18)19-14-8-3-9-15-19/h1-15H,16,25H2,(H,27,28). The van der Waals surface area contributed by atoms with Gasteiger partial charge in [0.25, 0.3) is 0 Å². The van der Waals surface area contributed by atoms with Gasteiger partial charge in [0.1, 0.15) is 10.0 Å². The third-order valence-electron chi connectivity index (χ3n) is 4.99. The van der Waals surface area contributed by atoms with Crippen molar-refractivity contribution < 1.29 is 9.90 Å². The van der Waals surface area contributed by atoms with E-state index < -0.39 is 11.4 Å². The summed E-state index contributed by atoms with van der Waals surface area (Å²) in [6, 6.07) is 30.4. The number of carbonyl (C=O) groups is 1. The molecule has 0 spiro atoms. The van der Waals surface area contributed by atoms with Crippen LogP contribution in [0.25, 0.3) is 0 Å². The third kappa shape index (κ3) is 3.41. The van der Waals surface area contributed by atoms with Crippen LogP contribution in [0.4, 0.5) is 5.00 Å². The maximum Gasteiger partial charge on any atom is 0.309 e. The number of nitrogens with zero attached hydrogens (tertiary/aromatic N) is 1.